The fourth-order valence-corrected chi connectivity index (χ4v) is 1.89. The van der Waals surface area contributed by atoms with E-state index < -0.39 is 0 Å². The number of nitrogens with one attached hydrogen (secondary N) is 1. The van der Waals surface area contributed by atoms with Crippen LogP contribution in [0.25, 0.3) is 16.9 Å². The predicted octanol–water partition coefficient (Wildman–Crippen LogP) is 1.32. The lowest BCUT2D eigenvalue weighted by Crippen LogP contribution is -2.17. The van der Waals surface area contributed by atoms with E-state index in [1.54, 1.807) is 17.9 Å². The van der Waals surface area contributed by atoms with E-state index in [1.807, 2.05) is 43.3 Å². The standard InChI is InChI=1S/C13H15N7/c1-14-11-16-12(19(2)3)18-13(17-11)20-10-7-5-4-6-9(10)8-15-20/h4-8H,1-3H3,(H,14,16,17,18). The number of hydrogen-bond donors (Lipinski definition) is 1. The summed E-state index contributed by atoms with van der Waals surface area (Å²) in [6.07, 6.45) is 1.80. The monoisotopic (exact) mass is 269 g/mol. The van der Waals surface area contributed by atoms with Gasteiger partial charge in [0.15, 0.2) is 0 Å². The summed E-state index contributed by atoms with van der Waals surface area (Å²) in [5, 5.41) is 8.35. The summed E-state index contributed by atoms with van der Waals surface area (Å²) >= 11 is 0. The van der Waals surface area contributed by atoms with Gasteiger partial charge in [0.05, 0.1) is 11.7 Å². The Labute approximate surface area is 116 Å². The van der Waals surface area contributed by atoms with Crippen LogP contribution >= 0.6 is 0 Å². The van der Waals surface area contributed by atoms with Crippen LogP contribution in [0.5, 0.6) is 0 Å². The van der Waals surface area contributed by atoms with E-state index >= 15 is 0 Å². The zero-order valence-corrected chi connectivity index (χ0v) is 11.6. The van der Waals surface area contributed by atoms with Gasteiger partial charge in [0.1, 0.15) is 0 Å². The number of benzene rings is 1. The Morgan fingerprint density at radius 2 is 1.90 bits per heavy atom. The molecular formula is C13H15N7. The smallest absolute Gasteiger partial charge is 0.257 e. The molecule has 1 N–H and O–H groups in total. The molecule has 102 valence electrons. The van der Waals surface area contributed by atoms with Crippen LogP contribution < -0.4 is 10.2 Å². The Kier molecular flexibility index (Phi) is 2.94. The van der Waals surface area contributed by atoms with Crippen molar-refractivity contribution in [3.8, 4) is 5.95 Å². The molecule has 0 unspecified atom stereocenters. The fraction of sp³-hybridized carbons (Fsp3) is 0.231. The van der Waals surface area contributed by atoms with Crippen LogP contribution in [0.4, 0.5) is 11.9 Å². The van der Waals surface area contributed by atoms with E-state index in [9.17, 15) is 0 Å². The summed E-state index contributed by atoms with van der Waals surface area (Å²) < 4.78 is 1.71. The minimum Gasteiger partial charge on any atom is -0.357 e. The van der Waals surface area contributed by atoms with Crippen molar-refractivity contribution < 1.29 is 0 Å². The molecule has 0 aliphatic rings. The highest BCUT2D eigenvalue weighted by Gasteiger charge is 2.11. The molecule has 2 aromatic heterocycles. The van der Waals surface area contributed by atoms with Gasteiger partial charge in [-0.05, 0) is 6.07 Å². The molecule has 20 heavy (non-hydrogen) atoms. The Morgan fingerprint density at radius 1 is 1.10 bits per heavy atom. The average molecular weight is 269 g/mol. The third-order valence-electron chi connectivity index (χ3n) is 2.90. The Bertz CT molecular complexity index is 747. The third-order valence-corrected chi connectivity index (χ3v) is 2.90. The van der Waals surface area contributed by atoms with Crippen molar-refractivity contribution in [3.63, 3.8) is 0 Å². The first-order chi connectivity index (χ1) is 9.69. The van der Waals surface area contributed by atoms with Crippen LogP contribution in [0.3, 0.4) is 0 Å². The van der Waals surface area contributed by atoms with Crippen molar-refractivity contribution in [2.75, 3.05) is 31.4 Å². The molecule has 0 saturated carbocycles. The number of hydrogen-bond acceptors (Lipinski definition) is 6. The largest absolute Gasteiger partial charge is 0.357 e. The van der Waals surface area contributed by atoms with Crippen LogP contribution in [0.2, 0.25) is 0 Å². The minimum absolute atomic E-state index is 0.495. The maximum atomic E-state index is 4.44. The van der Waals surface area contributed by atoms with Crippen molar-refractivity contribution in [3.05, 3.63) is 30.5 Å². The molecule has 0 bridgehead atoms. The topological polar surface area (TPSA) is 71.8 Å². The van der Waals surface area contributed by atoms with Crippen molar-refractivity contribution in [2.24, 2.45) is 0 Å². The highest BCUT2D eigenvalue weighted by molar-refractivity contribution is 5.79. The summed E-state index contributed by atoms with van der Waals surface area (Å²) in [4.78, 5) is 14.9. The van der Waals surface area contributed by atoms with Gasteiger partial charge in [-0.25, -0.2) is 0 Å². The predicted molar refractivity (Wildman–Crippen MR) is 78.3 cm³/mol. The van der Waals surface area contributed by atoms with E-state index in [0.717, 1.165) is 10.9 Å². The first-order valence-electron chi connectivity index (χ1n) is 6.23. The Hall–Kier alpha value is -2.70. The molecular weight excluding hydrogens is 254 g/mol. The van der Waals surface area contributed by atoms with Crippen LogP contribution in [-0.2, 0) is 0 Å². The summed E-state index contributed by atoms with van der Waals surface area (Å²) in [6.45, 7) is 0. The normalized spacial score (nSPS) is 10.8. The van der Waals surface area contributed by atoms with Crippen LogP contribution in [0.15, 0.2) is 30.5 Å². The molecule has 0 aliphatic heterocycles. The molecule has 0 saturated heterocycles. The number of nitrogens with zero attached hydrogens (tertiary/aromatic N) is 6. The van der Waals surface area contributed by atoms with Crippen molar-refractivity contribution in [1.82, 2.24) is 24.7 Å². The molecule has 7 heteroatoms. The highest BCUT2D eigenvalue weighted by atomic mass is 15.4. The van der Waals surface area contributed by atoms with E-state index in [0.29, 0.717) is 17.8 Å². The number of para-hydroxylation sites is 1. The molecule has 1 aromatic carbocycles. The van der Waals surface area contributed by atoms with Gasteiger partial charge in [0, 0.05) is 26.5 Å². The second-order valence-electron chi connectivity index (χ2n) is 4.52. The van der Waals surface area contributed by atoms with Crippen LogP contribution in [-0.4, -0.2) is 45.9 Å². The van der Waals surface area contributed by atoms with Crippen molar-refractivity contribution in [1.29, 1.82) is 0 Å². The quantitative estimate of drug-likeness (QED) is 0.773. The van der Waals surface area contributed by atoms with Gasteiger partial charge in [-0.1, -0.05) is 18.2 Å². The van der Waals surface area contributed by atoms with Crippen LogP contribution in [0, 0.1) is 0 Å². The molecule has 2 heterocycles. The zero-order chi connectivity index (χ0) is 14.1. The molecule has 0 radical (unpaired) electrons. The summed E-state index contributed by atoms with van der Waals surface area (Å²) in [7, 11) is 5.55. The van der Waals surface area contributed by atoms with E-state index in [2.05, 4.69) is 25.4 Å². The van der Waals surface area contributed by atoms with Gasteiger partial charge in [-0.15, -0.1) is 0 Å². The van der Waals surface area contributed by atoms with Gasteiger partial charge in [0.25, 0.3) is 5.95 Å². The lowest BCUT2D eigenvalue weighted by atomic mass is 10.3. The fourth-order valence-electron chi connectivity index (χ4n) is 1.89. The summed E-state index contributed by atoms with van der Waals surface area (Å²) in [5.41, 5.74) is 0.963. The molecule has 0 spiro atoms. The van der Waals surface area contributed by atoms with Crippen molar-refractivity contribution >= 4 is 22.8 Å². The van der Waals surface area contributed by atoms with Gasteiger partial charge >= 0.3 is 0 Å². The number of fused-ring (bicyclic) bond motifs is 1. The van der Waals surface area contributed by atoms with Gasteiger partial charge in [-0.3, -0.25) is 0 Å². The first kappa shape index (κ1) is 12.3. The molecule has 0 amide bonds. The molecule has 0 atom stereocenters. The Balaban J connectivity index is 2.20. The first-order valence-corrected chi connectivity index (χ1v) is 6.23. The lowest BCUT2D eigenvalue weighted by molar-refractivity contribution is 0.810. The second-order valence-corrected chi connectivity index (χ2v) is 4.52. The minimum atomic E-state index is 0.495. The average Bonchev–Trinajstić information content (AvgIpc) is 2.90. The van der Waals surface area contributed by atoms with E-state index in [-0.39, 0.29) is 0 Å². The van der Waals surface area contributed by atoms with E-state index in [1.165, 1.54) is 0 Å². The number of aromatic nitrogens is 5. The molecule has 7 nitrogen and oxygen atoms in total. The van der Waals surface area contributed by atoms with Crippen molar-refractivity contribution in [2.45, 2.75) is 0 Å². The number of anilines is 2. The molecule has 3 rings (SSSR count). The summed E-state index contributed by atoms with van der Waals surface area (Å²) in [6, 6.07) is 7.94. The number of rotatable bonds is 3. The molecule has 0 aliphatic carbocycles. The summed E-state index contributed by atoms with van der Waals surface area (Å²) in [5.74, 6) is 1.59. The van der Waals surface area contributed by atoms with E-state index in [4.69, 9.17) is 0 Å². The zero-order valence-electron chi connectivity index (χ0n) is 11.6. The Morgan fingerprint density at radius 3 is 2.65 bits per heavy atom. The van der Waals surface area contributed by atoms with Gasteiger partial charge < -0.3 is 10.2 Å². The van der Waals surface area contributed by atoms with Gasteiger partial charge in [-0.2, -0.15) is 24.7 Å². The maximum Gasteiger partial charge on any atom is 0.257 e. The molecule has 0 fully saturated rings. The maximum absolute atomic E-state index is 4.44. The van der Waals surface area contributed by atoms with Crippen LogP contribution in [0.1, 0.15) is 0 Å². The SMILES string of the molecule is CNc1nc(N(C)C)nc(-n2ncc3ccccc32)n1. The third kappa shape index (κ3) is 2.03. The lowest BCUT2D eigenvalue weighted by Gasteiger charge is -2.12. The second kappa shape index (κ2) is 4.76. The highest BCUT2D eigenvalue weighted by Crippen LogP contribution is 2.17. The van der Waals surface area contributed by atoms with Gasteiger partial charge in [0.2, 0.25) is 11.9 Å². The molecule has 3 aromatic rings.